The van der Waals surface area contributed by atoms with Gasteiger partial charge in [-0.05, 0) is 31.0 Å². The Balaban J connectivity index is 2.01. The largest absolute Gasteiger partial charge is 0.707 e. The second-order valence-electron chi connectivity index (χ2n) is 3.24. The van der Waals surface area contributed by atoms with Gasteiger partial charge in [-0.25, -0.2) is 0 Å². The molecule has 14 heavy (non-hydrogen) atoms. The van der Waals surface area contributed by atoms with E-state index in [1.54, 1.807) is 6.07 Å². The van der Waals surface area contributed by atoms with Gasteiger partial charge in [-0.3, -0.25) is 0 Å². The Morgan fingerprint density at radius 1 is 1.36 bits per heavy atom. The summed E-state index contributed by atoms with van der Waals surface area (Å²) in [5, 5.41) is 18.0. The van der Waals surface area contributed by atoms with Crippen molar-refractivity contribution >= 4 is 19.1 Å². The Kier molecular flexibility index (Phi) is 3.00. The third-order valence-electron chi connectivity index (χ3n) is 1.87. The number of hydrogen-bond donors (Lipinski definition) is 2. The van der Waals surface area contributed by atoms with Gasteiger partial charge in [0.1, 0.15) is 5.75 Å². The SMILES string of the molecule is OB(O)Oc1cccc(SC2CC2)c1. The minimum Gasteiger partial charge on any atom is -0.512 e. The number of rotatable bonds is 4. The molecular weight excluding hydrogens is 199 g/mol. The fourth-order valence-electron chi connectivity index (χ4n) is 1.12. The standard InChI is InChI=1S/C9H11BO3S/c11-10(12)13-7-2-1-3-9(6-7)14-8-4-5-8/h1-3,6,8,11-12H,4-5H2. The normalized spacial score (nSPS) is 15.3. The van der Waals surface area contributed by atoms with E-state index in [0.29, 0.717) is 5.75 Å². The van der Waals surface area contributed by atoms with Crippen molar-refractivity contribution in [2.75, 3.05) is 0 Å². The summed E-state index contributed by atoms with van der Waals surface area (Å²) in [5.74, 6) is 0.491. The first-order valence-electron chi connectivity index (χ1n) is 4.53. The van der Waals surface area contributed by atoms with Crippen LogP contribution < -0.4 is 4.65 Å². The van der Waals surface area contributed by atoms with Crippen LogP contribution in [0.4, 0.5) is 0 Å². The smallest absolute Gasteiger partial charge is 0.512 e. The second-order valence-corrected chi connectivity index (χ2v) is 4.61. The van der Waals surface area contributed by atoms with Crippen LogP contribution >= 0.6 is 11.8 Å². The summed E-state index contributed by atoms with van der Waals surface area (Å²) in [4.78, 5) is 1.12. The van der Waals surface area contributed by atoms with E-state index in [1.807, 2.05) is 30.0 Å². The molecule has 0 unspecified atom stereocenters. The Labute approximate surface area is 87.3 Å². The fourth-order valence-corrected chi connectivity index (χ4v) is 2.22. The van der Waals surface area contributed by atoms with Crippen molar-refractivity contribution in [3.05, 3.63) is 24.3 Å². The molecule has 0 atom stereocenters. The molecule has 2 rings (SSSR count). The van der Waals surface area contributed by atoms with Gasteiger partial charge in [0.25, 0.3) is 0 Å². The molecule has 0 saturated heterocycles. The van der Waals surface area contributed by atoms with Crippen molar-refractivity contribution in [2.45, 2.75) is 23.0 Å². The molecule has 0 amide bonds. The van der Waals surface area contributed by atoms with Crippen LogP contribution in [0.25, 0.3) is 0 Å². The molecule has 0 spiro atoms. The van der Waals surface area contributed by atoms with Gasteiger partial charge in [0, 0.05) is 10.1 Å². The van der Waals surface area contributed by atoms with Crippen molar-refractivity contribution in [1.82, 2.24) is 0 Å². The molecule has 0 aliphatic heterocycles. The minimum absolute atomic E-state index is 0.491. The molecule has 0 radical (unpaired) electrons. The highest BCUT2D eigenvalue weighted by Crippen LogP contribution is 2.39. The van der Waals surface area contributed by atoms with Crippen molar-refractivity contribution < 1.29 is 14.7 Å². The first-order chi connectivity index (χ1) is 6.74. The van der Waals surface area contributed by atoms with E-state index in [-0.39, 0.29) is 0 Å². The average Bonchev–Trinajstić information content (AvgIpc) is 2.87. The zero-order chi connectivity index (χ0) is 9.97. The van der Waals surface area contributed by atoms with Crippen LogP contribution in [-0.4, -0.2) is 22.6 Å². The van der Waals surface area contributed by atoms with Crippen LogP contribution in [0, 0.1) is 0 Å². The summed E-state index contributed by atoms with van der Waals surface area (Å²) >= 11 is 1.81. The van der Waals surface area contributed by atoms with Crippen LogP contribution in [0.2, 0.25) is 0 Å². The summed E-state index contributed by atoms with van der Waals surface area (Å²) in [6, 6.07) is 7.38. The zero-order valence-corrected chi connectivity index (χ0v) is 8.41. The van der Waals surface area contributed by atoms with Gasteiger partial charge in [0.2, 0.25) is 0 Å². The molecule has 1 aliphatic carbocycles. The second kappa shape index (κ2) is 4.25. The summed E-state index contributed by atoms with van der Waals surface area (Å²) in [6.07, 6.45) is 2.55. The maximum atomic E-state index is 8.62. The summed E-state index contributed by atoms with van der Waals surface area (Å²) in [6.45, 7) is 0. The van der Waals surface area contributed by atoms with Crippen molar-refractivity contribution in [2.24, 2.45) is 0 Å². The fraction of sp³-hybridized carbons (Fsp3) is 0.333. The Bertz CT molecular complexity index is 295. The van der Waals surface area contributed by atoms with Gasteiger partial charge in [0.05, 0.1) is 0 Å². The molecule has 1 aliphatic rings. The maximum Gasteiger partial charge on any atom is 0.707 e. The Morgan fingerprint density at radius 3 is 2.79 bits per heavy atom. The van der Waals surface area contributed by atoms with Gasteiger partial charge in [-0.15, -0.1) is 11.8 Å². The van der Waals surface area contributed by atoms with E-state index in [1.165, 1.54) is 12.8 Å². The van der Waals surface area contributed by atoms with Gasteiger partial charge in [-0.1, -0.05) is 6.07 Å². The maximum absolute atomic E-state index is 8.62. The molecule has 5 heteroatoms. The van der Waals surface area contributed by atoms with Crippen LogP contribution in [0.3, 0.4) is 0 Å². The molecule has 1 aromatic rings. The molecule has 1 aromatic carbocycles. The Morgan fingerprint density at radius 2 is 2.14 bits per heavy atom. The number of hydrogen-bond acceptors (Lipinski definition) is 4. The lowest BCUT2D eigenvalue weighted by atomic mass is 10.2. The summed E-state index contributed by atoms with van der Waals surface area (Å²) in [7, 11) is -1.74. The predicted molar refractivity (Wildman–Crippen MR) is 56.1 cm³/mol. The van der Waals surface area contributed by atoms with Gasteiger partial charge < -0.3 is 14.7 Å². The lowest BCUT2D eigenvalue weighted by molar-refractivity contribution is 0.288. The third-order valence-corrected chi connectivity index (χ3v) is 3.20. The molecule has 2 N–H and O–H groups in total. The van der Waals surface area contributed by atoms with E-state index in [0.717, 1.165) is 10.1 Å². The highest BCUT2D eigenvalue weighted by Gasteiger charge is 2.22. The monoisotopic (exact) mass is 210 g/mol. The quantitative estimate of drug-likeness (QED) is 0.735. The zero-order valence-electron chi connectivity index (χ0n) is 7.59. The summed E-state index contributed by atoms with van der Waals surface area (Å²) < 4.78 is 4.75. The van der Waals surface area contributed by atoms with Crippen LogP contribution in [-0.2, 0) is 0 Å². The highest BCUT2D eigenvalue weighted by molar-refractivity contribution is 8.00. The number of thioether (sulfide) groups is 1. The van der Waals surface area contributed by atoms with Gasteiger partial charge in [-0.2, -0.15) is 0 Å². The van der Waals surface area contributed by atoms with Crippen LogP contribution in [0.1, 0.15) is 12.8 Å². The van der Waals surface area contributed by atoms with Gasteiger partial charge >= 0.3 is 7.32 Å². The third kappa shape index (κ3) is 2.94. The molecular formula is C9H11BO3S. The molecule has 0 heterocycles. The number of benzene rings is 1. The lowest BCUT2D eigenvalue weighted by Crippen LogP contribution is -2.20. The van der Waals surface area contributed by atoms with E-state index in [9.17, 15) is 0 Å². The van der Waals surface area contributed by atoms with Crippen molar-refractivity contribution in [1.29, 1.82) is 0 Å². The molecule has 0 bridgehead atoms. The summed E-state index contributed by atoms with van der Waals surface area (Å²) in [5.41, 5.74) is 0. The van der Waals surface area contributed by atoms with E-state index in [2.05, 4.69) is 0 Å². The molecule has 1 saturated carbocycles. The first-order valence-corrected chi connectivity index (χ1v) is 5.41. The van der Waals surface area contributed by atoms with E-state index < -0.39 is 7.32 Å². The van der Waals surface area contributed by atoms with Crippen molar-refractivity contribution in [3.63, 3.8) is 0 Å². The first kappa shape index (κ1) is 9.89. The Hall–Kier alpha value is -0.645. The molecule has 3 nitrogen and oxygen atoms in total. The predicted octanol–water partition coefficient (Wildman–Crippen LogP) is 1.29. The topological polar surface area (TPSA) is 49.7 Å². The van der Waals surface area contributed by atoms with Crippen molar-refractivity contribution in [3.8, 4) is 5.75 Å². The lowest BCUT2D eigenvalue weighted by Gasteiger charge is -2.06. The van der Waals surface area contributed by atoms with Crippen LogP contribution in [0.15, 0.2) is 29.2 Å². The molecule has 74 valence electrons. The molecule has 1 fully saturated rings. The van der Waals surface area contributed by atoms with E-state index >= 15 is 0 Å². The molecule has 0 aromatic heterocycles. The minimum atomic E-state index is -1.74. The van der Waals surface area contributed by atoms with Gasteiger partial charge in [0.15, 0.2) is 0 Å². The van der Waals surface area contributed by atoms with E-state index in [4.69, 9.17) is 14.7 Å². The average molecular weight is 210 g/mol. The highest BCUT2D eigenvalue weighted by atomic mass is 32.2. The van der Waals surface area contributed by atoms with Crippen LogP contribution in [0.5, 0.6) is 5.75 Å².